The van der Waals surface area contributed by atoms with Crippen LogP contribution in [0.25, 0.3) is 0 Å². The van der Waals surface area contributed by atoms with Gasteiger partial charge in [0.25, 0.3) is 0 Å². The van der Waals surface area contributed by atoms with Gasteiger partial charge in [-0.1, -0.05) is 13.3 Å². The summed E-state index contributed by atoms with van der Waals surface area (Å²) in [5.41, 5.74) is 0. The molecule has 1 amide bonds. The fourth-order valence-corrected chi connectivity index (χ4v) is 3.53. The topological polar surface area (TPSA) is 41.6 Å². The van der Waals surface area contributed by atoms with Gasteiger partial charge in [-0.2, -0.15) is 0 Å². The second kappa shape index (κ2) is 7.99. The number of nitrogens with zero attached hydrogens (tertiary/aromatic N) is 1. The van der Waals surface area contributed by atoms with Crippen LogP contribution >= 0.6 is 0 Å². The van der Waals surface area contributed by atoms with Gasteiger partial charge in [0.2, 0.25) is 5.91 Å². The number of hydrogen-bond donors (Lipinski definition) is 1. The van der Waals surface area contributed by atoms with E-state index < -0.39 is 0 Å². The molecule has 2 aliphatic heterocycles. The Labute approximate surface area is 123 Å². The fraction of sp³-hybridized carbons (Fsp3) is 0.938. The van der Waals surface area contributed by atoms with Gasteiger partial charge >= 0.3 is 0 Å². The Morgan fingerprint density at radius 1 is 1.35 bits per heavy atom. The highest BCUT2D eigenvalue weighted by atomic mass is 16.5. The minimum Gasteiger partial charge on any atom is -0.378 e. The lowest BCUT2D eigenvalue weighted by atomic mass is 9.90. The molecule has 116 valence electrons. The standard InChI is InChI=1S/C16H30N2O2/c1-3-13-12-18(10-9-15(13)17-2)16(19)8-7-14-6-4-5-11-20-14/h13-15,17H,3-12H2,1-2H3. The minimum absolute atomic E-state index is 0.324. The molecule has 0 radical (unpaired) electrons. The van der Waals surface area contributed by atoms with Gasteiger partial charge in [-0.15, -0.1) is 0 Å². The first-order valence-electron chi connectivity index (χ1n) is 8.31. The third-order valence-corrected chi connectivity index (χ3v) is 4.94. The molecule has 0 aromatic carbocycles. The zero-order chi connectivity index (χ0) is 14.4. The van der Waals surface area contributed by atoms with Crippen LogP contribution in [-0.2, 0) is 9.53 Å². The van der Waals surface area contributed by atoms with E-state index in [1.54, 1.807) is 0 Å². The van der Waals surface area contributed by atoms with Gasteiger partial charge in [0, 0.05) is 32.2 Å². The second-order valence-electron chi connectivity index (χ2n) is 6.22. The molecule has 20 heavy (non-hydrogen) atoms. The van der Waals surface area contributed by atoms with Crippen LogP contribution in [0.3, 0.4) is 0 Å². The van der Waals surface area contributed by atoms with E-state index in [4.69, 9.17) is 4.74 Å². The summed E-state index contributed by atoms with van der Waals surface area (Å²) in [6.45, 7) is 4.93. The number of ether oxygens (including phenoxy) is 1. The molecule has 2 saturated heterocycles. The van der Waals surface area contributed by atoms with Crippen LogP contribution in [0.2, 0.25) is 0 Å². The number of likely N-dealkylation sites (tertiary alicyclic amines) is 1. The van der Waals surface area contributed by atoms with Crippen LogP contribution in [0.4, 0.5) is 0 Å². The second-order valence-corrected chi connectivity index (χ2v) is 6.22. The average molecular weight is 282 g/mol. The quantitative estimate of drug-likeness (QED) is 0.840. The predicted molar refractivity (Wildman–Crippen MR) is 80.7 cm³/mol. The highest BCUT2D eigenvalue weighted by molar-refractivity contribution is 5.76. The molecular weight excluding hydrogens is 252 g/mol. The first-order valence-corrected chi connectivity index (χ1v) is 8.31. The molecule has 0 saturated carbocycles. The van der Waals surface area contributed by atoms with Crippen molar-refractivity contribution >= 4 is 5.91 Å². The highest BCUT2D eigenvalue weighted by Gasteiger charge is 2.29. The van der Waals surface area contributed by atoms with E-state index >= 15 is 0 Å². The van der Waals surface area contributed by atoms with Crippen LogP contribution in [0, 0.1) is 5.92 Å². The normalized spacial score (nSPS) is 31.3. The SMILES string of the molecule is CCC1CN(C(=O)CCC2CCCCO2)CCC1NC. The summed E-state index contributed by atoms with van der Waals surface area (Å²) >= 11 is 0. The van der Waals surface area contributed by atoms with Crippen molar-refractivity contribution in [2.45, 2.75) is 64.0 Å². The molecule has 2 heterocycles. The Morgan fingerprint density at radius 3 is 2.85 bits per heavy atom. The number of piperidine rings is 1. The molecule has 4 nitrogen and oxygen atoms in total. The first-order chi connectivity index (χ1) is 9.74. The lowest BCUT2D eigenvalue weighted by Gasteiger charge is -2.38. The summed E-state index contributed by atoms with van der Waals surface area (Å²) in [4.78, 5) is 14.4. The van der Waals surface area contributed by atoms with E-state index in [9.17, 15) is 4.79 Å². The van der Waals surface area contributed by atoms with E-state index in [1.807, 2.05) is 7.05 Å². The van der Waals surface area contributed by atoms with Crippen molar-refractivity contribution in [3.8, 4) is 0 Å². The lowest BCUT2D eigenvalue weighted by molar-refractivity contribution is -0.134. The third kappa shape index (κ3) is 4.19. The Morgan fingerprint density at radius 2 is 2.20 bits per heavy atom. The molecule has 3 atom stereocenters. The van der Waals surface area contributed by atoms with E-state index in [0.29, 0.717) is 30.4 Å². The zero-order valence-corrected chi connectivity index (χ0v) is 13.1. The van der Waals surface area contributed by atoms with Gasteiger partial charge < -0.3 is 15.0 Å². The van der Waals surface area contributed by atoms with E-state index in [0.717, 1.165) is 45.4 Å². The monoisotopic (exact) mass is 282 g/mol. The Hall–Kier alpha value is -0.610. The van der Waals surface area contributed by atoms with Crippen molar-refractivity contribution in [2.24, 2.45) is 5.92 Å². The number of carbonyl (C=O) groups excluding carboxylic acids is 1. The van der Waals surface area contributed by atoms with E-state index in [-0.39, 0.29) is 0 Å². The molecule has 3 unspecified atom stereocenters. The molecule has 2 fully saturated rings. The van der Waals surface area contributed by atoms with Crippen LogP contribution in [0.5, 0.6) is 0 Å². The zero-order valence-electron chi connectivity index (χ0n) is 13.1. The van der Waals surface area contributed by atoms with Crippen LogP contribution in [-0.4, -0.2) is 49.7 Å². The van der Waals surface area contributed by atoms with Crippen molar-refractivity contribution in [2.75, 3.05) is 26.7 Å². The number of nitrogens with one attached hydrogen (secondary N) is 1. The van der Waals surface area contributed by atoms with Gasteiger partial charge in [-0.3, -0.25) is 4.79 Å². The molecule has 4 heteroatoms. The smallest absolute Gasteiger partial charge is 0.222 e. The maximum absolute atomic E-state index is 12.3. The molecular formula is C16H30N2O2. The first kappa shape index (κ1) is 15.8. The van der Waals surface area contributed by atoms with Gasteiger partial charge in [0.15, 0.2) is 0 Å². The van der Waals surface area contributed by atoms with Gasteiger partial charge in [0.05, 0.1) is 6.10 Å². The Bertz CT molecular complexity index is 303. The highest BCUT2D eigenvalue weighted by Crippen LogP contribution is 2.22. The van der Waals surface area contributed by atoms with Gasteiger partial charge in [-0.05, 0) is 45.1 Å². The number of rotatable bonds is 5. The molecule has 1 N–H and O–H groups in total. The summed E-state index contributed by atoms with van der Waals surface area (Å²) in [7, 11) is 2.03. The van der Waals surface area contributed by atoms with Crippen LogP contribution < -0.4 is 5.32 Å². The van der Waals surface area contributed by atoms with Crippen molar-refractivity contribution in [1.82, 2.24) is 10.2 Å². The van der Waals surface area contributed by atoms with E-state index in [2.05, 4.69) is 17.1 Å². The fourth-order valence-electron chi connectivity index (χ4n) is 3.53. The summed E-state index contributed by atoms with van der Waals surface area (Å²) in [6.07, 6.45) is 7.68. The Balaban J connectivity index is 1.74. The van der Waals surface area contributed by atoms with Gasteiger partial charge in [-0.25, -0.2) is 0 Å². The van der Waals surface area contributed by atoms with Crippen molar-refractivity contribution in [3.63, 3.8) is 0 Å². The molecule has 0 aromatic rings. The average Bonchev–Trinajstić information content (AvgIpc) is 2.52. The molecule has 0 aromatic heterocycles. The maximum atomic E-state index is 12.3. The summed E-state index contributed by atoms with van der Waals surface area (Å²) in [5, 5.41) is 3.39. The largest absolute Gasteiger partial charge is 0.378 e. The van der Waals surface area contributed by atoms with Crippen molar-refractivity contribution in [1.29, 1.82) is 0 Å². The molecule has 0 spiro atoms. The summed E-state index contributed by atoms with van der Waals surface area (Å²) < 4.78 is 5.71. The molecule has 0 aliphatic carbocycles. The maximum Gasteiger partial charge on any atom is 0.222 e. The van der Waals surface area contributed by atoms with Crippen LogP contribution in [0.1, 0.15) is 51.9 Å². The van der Waals surface area contributed by atoms with Crippen LogP contribution in [0.15, 0.2) is 0 Å². The number of amides is 1. The van der Waals surface area contributed by atoms with Crippen molar-refractivity contribution < 1.29 is 9.53 Å². The van der Waals surface area contributed by atoms with Crippen molar-refractivity contribution in [3.05, 3.63) is 0 Å². The molecule has 2 rings (SSSR count). The lowest BCUT2D eigenvalue weighted by Crippen LogP contribution is -2.50. The third-order valence-electron chi connectivity index (χ3n) is 4.94. The minimum atomic E-state index is 0.324. The number of carbonyl (C=O) groups is 1. The summed E-state index contributed by atoms with van der Waals surface area (Å²) in [5.74, 6) is 0.927. The van der Waals surface area contributed by atoms with Gasteiger partial charge in [0.1, 0.15) is 0 Å². The number of hydrogen-bond acceptors (Lipinski definition) is 3. The van der Waals surface area contributed by atoms with E-state index in [1.165, 1.54) is 12.8 Å². The Kier molecular flexibility index (Phi) is 6.30. The summed E-state index contributed by atoms with van der Waals surface area (Å²) in [6, 6.07) is 0.575. The molecule has 2 aliphatic rings. The predicted octanol–water partition coefficient (Wildman–Crippen LogP) is 2.18. The molecule has 0 bridgehead atoms.